The fraction of sp³-hybridized carbons (Fsp3) is 0.375. The van der Waals surface area contributed by atoms with Gasteiger partial charge in [0.25, 0.3) is 0 Å². The Balaban J connectivity index is 1.71. The molecule has 0 spiro atoms. The fourth-order valence-electron chi connectivity index (χ4n) is 2.19. The SMILES string of the molecule is C/C(=C/CCNC1CC1)c1cc2cccc(Cl)c2o1. The van der Waals surface area contributed by atoms with E-state index in [1.807, 2.05) is 18.2 Å². The van der Waals surface area contributed by atoms with Gasteiger partial charge in [0.2, 0.25) is 0 Å². The van der Waals surface area contributed by atoms with E-state index >= 15 is 0 Å². The minimum atomic E-state index is 0.673. The van der Waals surface area contributed by atoms with Crippen LogP contribution in [0, 0.1) is 0 Å². The smallest absolute Gasteiger partial charge is 0.153 e. The van der Waals surface area contributed by atoms with Gasteiger partial charge in [-0.3, -0.25) is 0 Å². The van der Waals surface area contributed by atoms with Crippen LogP contribution in [0.2, 0.25) is 5.02 Å². The van der Waals surface area contributed by atoms with Crippen LogP contribution in [0.1, 0.15) is 31.9 Å². The average molecular weight is 276 g/mol. The summed E-state index contributed by atoms with van der Waals surface area (Å²) in [5, 5.41) is 5.24. The van der Waals surface area contributed by atoms with Crippen molar-refractivity contribution in [1.29, 1.82) is 0 Å². The molecule has 0 aliphatic heterocycles. The highest BCUT2D eigenvalue weighted by Gasteiger charge is 2.19. The standard InChI is InChI=1S/C16H18ClNO/c1-11(4-3-9-18-13-7-8-13)15-10-12-5-2-6-14(17)16(12)19-15/h2,4-6,10,13,18H,3,7-9H2,1H3/b11-4-. The predicted octanol–water partition coefficient (Wildman–Crippen LogP) is 4.63. The Bertz CT molecular complexity index is 610. The molecule has 1 aliphatic rings. The number of fused-ring (bicyclic) bond motifs is 1. The molecule has 1 N–H and O–H groups in total. The number of benzene rings is 1. The number of hydrogen-bond acceptors (Lipinski definition) is 2. The molecule has 3 heteroatoms. The summed E-state index contributed by atoms with van der Waals surface area (Å²) >= 11 is 6.12. The van der Waals surface area contributed by atoms with Crippen molar-refractivity contribution in [3.05, 3.63) is 41.1 Å². The van der Waals surface area contributed by atoms with E-state index in [9.17, 15) is 0 Å². The van der Waals surface area contributed by atoms with Crippen molar-refractivity contribution in [1.82, 2.24) is 5.32 Å². The van der Waals surface area contributed by atoms with Gasteiger partial charge >= 0.3 is 0 Å². The molecule has 0 atom stereocenters. The molecule has 0 bridgehead atoms. The first kappa shape index (κ1) is 12.8. The minimum absolute atomic E-state index is 0.673. The molecule has 1 fully saturated rings. The molecule has 0 amide bonds. The van der Waals surface area contributed by atoms with Gasteiger partial charge in [0, 0.05) is 11.4 Å². The Morgan fingerprint density at radius 3 is 3.05 bits per heavy atom. The molecule has 2 aromatic rings. The van der Waals surface area contributed by atoms with E-state index < -0.39 is 0 Å². The lowest BCUT2D eigenvalue weighted by Gasteiger charge is -1.99. The van der Waals surface area contributed by atoms with Crippen LogP contribution < -0.4 is 5.32 Å². The number of furan rings is 1. The number of para-hydroxylation sites is 1. The third-order valence-corrected chi connectivity index (χ3v) is 3.79. The predicted molar refractivity (Wildman–Crippen MR) is 80.5 cm³/mol. The molecule has 1 aliphatic carbocycles. The van der Waals surface area contributed by atoms with E-state index in [0.717, 1.165) is 35.7 Å². The van der Waals surface area contributed by atoms with Crippen molar-refractivity contribution < 1.29 is 4.42 Å². The van der Waals surface area contributed by atoms with Crippen LogP contribution in [0.5, 0.6) is 0 Å². The van der Waals surface area contributed by atoms with Crippen LogP contribution in [0.25, 0.3) is 16.5 Å². The van der Waals surface area contributed by atoms with Crippen molar-refractivity contribution >= 4 is 28.1 Å². The van der Waals surface area contributed by atoms with E-state index in [0.29, 0.717) is 5.02 Å². The number of rotatable bonds is 5. The zero-order valence-corrected chi connectivity index (χ0v) is 11.8. The second-order valence-electron chi connectivity index (χ2n) is 5.17. The molecule has 0 radical (unpaired) electrons. The van der Waals surface area contributed by atoms with Crippen molar-refractivity contribution in [3.63, 3.8) is 0 Å². The number of nitrogens with one attached hydrogen (secondary N) is 1. The molecule has 0 unspecified atom stereocenters. The summed E-state index contributed by atoms with van der Waals surface area (Å²) in [4.78, 5) is 0. The summed E-state index contributed by atoms with van der Waals surface area (Å²) in [7, 11) is 0. The molecule has 19 heavy (non-hydrogen) atoms. The Morgan fingerprint density at radius 2 is 2.32 bits per heavy atom. The zero-order valence-electron chi connectivity index (χ0n) is 11.1. The number of hydrogen-bond donors (Lipinski definition) is 1. The molecule has 3 rings (SSSR count). The van der Waals surface area contributed by atoms with Gasteiger partial charge in [-0.15, -0.1) is 0 Å². The van der Waals surface area contributed by atoms with Crippen LogP contribution >= 0.6 is 11.6 Å². The van der Waals surface area contributed by atoms with Crippen LogP contribution in [0.3, 0.4) is 0 Å². The average Bonchev–Trinajstić information content (AvgIpc) is 3.11. The highest BCUT2D eigenvalue weighted by atomic mass is 35.5. The fourth-order valence-corrected chi connectivity index (χ4v) is 2.41. The van der Waals surface area contributed by atoms with Crippen molar-refractivity contribution in [3.8, 4) is 0 Å². The van der Waals surface area contributed by atoms with E-state index in [-0.39, 0.29) is 0 Å². The molecular formula is C16H18ClNO. The molecule has 1 aromatic heterocycles. The van der Waals surface area contributed by atoms with Gasteiger partial charge in [-0.25, -0.2) is 0 Å². The van der Waals surface area contributed by atoms with Gasteiger partial charge in [0.05, 0.1) is 5.02 Å². The Hall–Kier alpha value is -1.25. The van der Waals surface area contributed by atoms with E-state index in [2.05, 4.69) is 24.4 Å². The molecular weight excluding hydrogens is 258 g/mol. The third kappa shape index (κ3) is 3.02. The summed E-state index contributed by atoms with van der Waals surface area (Å²) < 4.78 is 5.83. The third-order valence-electron chi connectivity index (χ3n) is 3.49. The molecule has 1 aromatic carbocycles. The lowest BCUT2D eigenvalue weighted by atomic mass is 10.2. The van der Waals surface area contributed by atoms with E-state index in [1.54, 1.807) is 0 Å². The summed E-state index contributed by atoms with van der Waals surface area (Å²) in [6, 6.07) is 8.66. The van der Waals surface area contributed by atoms with Crippen LogP contribution in [-0.4, -0.2) is 12.6 Å². The normalized spacial score (nSPS) is 16.2. The van der Waals surface area contributed by atoms with E-state index in [1.165, 1.54) is 18.4 Å². The van der Waals surface area contributed by atoms with Crippen LogP contribution in [0.15, 0.2) is 34.8 Å². The van der Waals surface area contributed by atoms with Gasteiger partial charge in [-0.05, 0) is 50.4 Å². The summed E-state index contributed by atoms with van der Waals surface area (Å²) in [6.07, 6.45) is 5.93. The second kappa shape index (κ2) is 5.40. The first-order valence-electron chi connectivity index (χ1n) is 6.82. The maximum atomic E-state index is 6.12. The molecule has 0 saturated heterocycles. The summed E-state index contributed by atoms with van der Waals surface area (Å²) in [6.45, 7) is 3.13. The van der Waals surface area contributed by atoms with Crippen LogP contribution in [-0.2, 0) is 0 Å². The van der Waals surface area contributed by atoms with Crippen molar-refractivity contribution in [2.45, 2.75) is 32.2 Å². The van der Waals surface area contributed by atoms with Crippen LogP contribution in [0.4, 0.5) is 0 Å². The topological polar surface area (TPSA) is 25.2 Å². The Kier molecular flexibility index (Phi) is 3.63. The molecule has 1 heterocycles. The largest absolute Gasteiger partial charge is 0.455 e. The highest BCUT2D eigenvalue weighted by molar-refractivity contribution is 6.34. The number of allylic oxidation sites excluding steroid dienone is 1. The molecule has 100 valence electrons. The number of halogens is 1. The quantitative estimate of drug-likeness (QED) is 0.805. The van der Waals surface area contributed by atoms with Gasteiger partial charge < -0.3 is 9.73 Å². The maximum absolute atomic E-state index is 6.12. The lowest BCUT2D eigenvalue weighted by Crippen LogP contribution is -2.16. The summed E-state index contributed by atoms with van der Waals surface area (Å²) in [5.41, 5.74) is 1.95. The van der Waals surface area contributed by atoms with Gasteiger partial charge in [0.1, 0.15) is 5.76 Å². The van der Waals surface area contributed by atoms with Gasteiger partial charge in [-0.2, -0.15) is 0 Å². The maximum Gasteiger partial charge on any atom is 0.153 e. The first-order valence-corrected chi connectivity index (χ1v) is 7.20. The second-order valence-corrected chi connectivity index (χ2v) is 5.58. The lowest BCUT2D eigenvalue weighted by molar-refractivity contribution is 0.598. The Morgan fingerprint density at radius 1 is 1.47 bits per heavy atom. The van der Waals surface area contributed by atoms with Gasteiger partial charge in [-0.1, -0.05) is 29.8 Å². The highest BCUT2D eigenvalue weighted by Crippen LogP contribution is 2.29. The van der Waals surface area contributed by atoms with E-state index in [4.69, 9.17) is 16.0 Å². The molecule has 2 nitrogen and oxygen atoms in total. The minimum Gasteiger partial charge on any atom is -0.455 e. The van der Waals surface area contributed by atoms with Gasteiger partial charge in [0.15, 0.2) is 5.58 Å². The monoisotopic (exact) mass is 275 g/mol. The molecule has 1 saturated carbocycles. The van der Waals surface area contributed by atoms with Crippen molar-refractivity contribution in [2.24, 2.45) is 0 Å². The zero-order chi connectivity index (χ0) is 13.2. The Labute approximate surface area is 118 Å². The summed E-state index contributed by atoms with van der Waals surface area (Å²) in [5.74, 6) is 0.912. The van der Waals surface area contributed by atoms with Crippen molar-refractivity contribution in [2.75, 3.05) is 6.54 Å². The first-order chi connectivity index (χ1) is 9.24.